The lowest BCUT2D eigenvalue weighted by atomic mass is 10.1. The van der Waals surface area contributed by atoms with Gasteiger partial charge >= 0.3 is 0 Å². The Morgan fingerprint density at radius 3 is 2.84 bits per heavy atom. The van der Waals surface area contributed by atoms with Gasteiger partial charge in [-0.3, -0.25) is 4.98 Å². The lowest BCUT2D eigenvalue weighted by molar-refractivity contribution is 0.115. The maximum absolute atomic E-state index is 5.99. The molecule has 1 aliphatic rings. The van der Waals surface area contributed by atoms with Gasteiger partial charge in [0, 0.05) is 25.7 Å². The minimum Gasteiger partial charge on any atom is -0.376 e. The summed E-state index contributed by atoms with van der Waals surface area (Å²) >= 11 is 0. The fraction of sp³-hybridized carbons (Fsp3) is 0.667. The monoisotopic (exact) mass is 263 g/mol. The molecule has 1 unspecified atom stereocenters. The molecule has 2 heterocycles. The van der Waals surface area contributed by atoms with Crippen molar-refractivity contribution in [2.75, 3.05) is 24.6 Å². The van der Waals surface area contributed by atoms with Crippen molar-refractivity contribution in [2.24, 2.45) is 5.73 Å². The van der Waals surface area contributed by atoms with Crippen LogP contribution in [0.3, 0.4) is 0 Å². The number of pyridine rings is 1. The Hall–Kier alpha value is -1.13. The van der Waals surface area contributed by atoms with Gasteiger partial charge in [-0.2, -0.15) is 0 Å². The molecule has 0 bridgehead atoms. The average molecular weight is 263 g/mol. The van der Waals surface area contributed by atoms with E-state index in [0.29, 0.717) is 6.10 Å². The molecule has 2 atom stereocenters. The first-order valence-corrected chi connectivity index (χ1v) is 7.32. The third-order valence-corrected chi connectivity index (χ3v) is 3.79. The zero-order chi connectivity index (χ0) is 13.7. The molecule has 2 rings (SSSR count). The Morgan fingerprint density at radius 1 is 1.47 bits per heavy atom. The molecule has 19 heavy (non-hydrogen) atoms. The molecule has 0 saturated carbocycles. The first kappa shape index (κ1) is 14.3. The zero-order valence-electron chi connectivity index (χ0n) is 12.0. The van der Waals surface area contributed by atoms with Crippen molar-refractivity contribution < 1.29 is 4.74 Å². The molecule has 1 aliphatic heterocycles. The van der Waals surface area contributed by atoms with Crippen LogP contribution in [0, 0.1) is 0 Å². The van der Waals surface area contributed by atoms with Crippen LogP contribution >= 0.6 is 0 Å². The second-order valence-electron chi connectivity index (χ2n) is 5.13. The molecule has 1 aromatic rings. The van der Waals surface area contributed by atoms with Gasteiger partial charge in [0.25, 0.3) is 0 Å². The number of nitrogens with zero attached hydrogens (tertiary/aromatic N) is 2. The van der Waals surface area contributed by atoms with Crippen molar-refractivity contribution in [2.45, 2.75) is 45.3 Å². The first-order valence-electron chi connectivity index (χ1n) is 7.32. The topological polar surface area (TPSA) is 51.4 Å². The van der Waals surface area contributed by atoms with E-state index in [2.05, 4.69) is 29.8 Å². The third-order valence-electron chi connectivity index (χ3n) is 3.79. The van der Waals surface area contributed by atoms with Gasteiger partial charge in [0.2, 0.25) is 0 Å². The minimum absolute atomic E-state index is 0.0438. The van der Waals surface area contributed by atoms with Crippen LogP contribution in [0.5, 0.6) is 0 Å². The Bertz CT molecular complexity index is 373. The van der Waals surface area contributed by atoms with Crippen molar-refractivity contribution in [1.29, 1.82) is 0 Å². The van der Waals surface area contributed by atoms with Crippen LogP contribution in [0.2, 0.25) is 0 Å². The lowest BCUT2D eigenvalue weighted by Gasteiger charge is -2.26. The Balaban J connectivity index is 2.01. The Kier molecular flexibility index (Phi) is 5.16. The summed E-state index contributed by atoms with van der Waals surface area (Å²) in [5.74, 6) is 0. The van der Waals surface area contributed by atoms with Gasteiger partial charge in [0.15, 0.2) is 0 Å². The smallest absolute Gasteiger partial charge is 0.0750 e. The number of likely N-dealkylation sites (N-methyl/N-ethyl adjacent to an activating group) is 1. The van der Waals surface area contributed by atoms with Crippen molar-refractivity contribution in [3.63, 3.8) is 0 Å². The number of nitrogens with two attached hydrogens (primary N) is 1. The first-order chi connectivity index (χ1) is 9.24. The van der Waals surface area contributed by atoms with Gasteiger partial charge in [-0.1, -0.05) is 6.92 Å². The maximum Gasteiger partial charge on any atom is 0.0750 e. The highest BCUT2D eigenvalue weighted by atomic mass is 16.5. The second kappa shape index (κ2) is 6.87. The van der Waals surface area contributed by atoms with Crippen LogP contribution in [-0.2, 0) is 4.74 Å². The van der Waals surface area contributed by atoms with Gasteiger partial charge in [-0.25, -0.2) is 0 Å². The summed E-state index contributed by atoms with van der Waals surface area (Å²) in [6.07, 6.45) is 5.58. The van der Waals surface area contributed by atoms with E-state index in [0.717, 1.165) is 37.5 Å². The minimum atomic E-state index is 0.0438. The molecule has 106 valence electrons. The summed E-state index contributed by atoms with van der Waals surface area (Å²) in [5, 5.41) is 0. The molecule has 2 N–H and O–H groups in total. The SMILES string of the molecule is CC[C@H](N)c1ccc(N(CC)CC2CCCO2)cn1. The number of hydrogen-bond donors (Lipinski definition) is 1. The van der Waals surface area contributed by atoms with Crippen molar-refractivity contribution in [3.8, 4) is 0 Å². The molecule has 1 saturated heterocycles. The van der Waals surface area contributed by atoms with Crippen LogP contribution in [0.25, 0.3) is 0 Å². The predicted octanol–water partition coefficient (Wildman–Crippen LogP) is 2.50. The van der Waals surface area contributed by atoms with E-state index in [-0.39, 0.29) is 6.04 Å². The van der Waals surface area contributed by atoms with Crippen molar-refractivity contribution in [1.82, 2.24) is 4.98 Å². The predicted molar refractivity (Wildman–Crippen MR) is 78.3 cm³/mol. The standard InChI is InChI=1S/C15H25N3O/c1-3-14(16)15-8-7-12(10-17-15)18(4-2)11-13-6-5-9-19-13/h7-8,10,13-14H,3-6,9,11,16H2,1-2H3/t13?,14-/m0/s1. The van der Waals surface area contributed by atoms with Crippen LogP contribution in [-0.4, -0.2) is 30.8 Å². The van der Waals surface area contributed by atoms with E-state index >= 15 is 0 Å². The summed E-state index contributed by atoms with van der Waals surface area (Å²) in [6.45, 7) is 7.08. The maximum atomic E-state index is 5.99. The molecule has 0 aromatic carbocycles. The molecule has 1 fully saturated rings. The van der Waals surface area contributed by atoms with Gasteiger partial charge < -0.3 is 15.4 Å². The molecular formula is C15H25N3O. The van der Waals surface area contributed by atoms with Gasteiger partial charge in [-0.15, -0.1) is 0 Å². The summed E-state index contributed by atoms with van der Waals surface area (Å²) in [5.41, 5.74) is 8.12. The van der Waals surface area contributed by atoms with Gasteiger partial charge in [-0.05, 0) is 38.3 Å². The van der Waals surface area contributed by atoms with E-state index in [1.807, 2.05) is 12.3 Å². The summed E-state index contributed by atoms with van der Waals surface area (Å²) in [7, 11) is 0. The number of ether oxygens (including phenoxy) is 1. The fourth-order valence-electron chi connectivity index (χ4n) is 2.46. The normalized spacial score (nSPS) is 20.5. The zero-order valence-corrected chi connectivity index (χ0v) is 12.0. The van der Waals surface area contributed by atoms with Crippen molar-refractivity contribution in [3.05, 3.63) is 24.0 Å². The average Bonchev–Trinajstić information content (AvgIpc) is 2.97. The molecule has 0 aliphatic carbocycles. The summed E-state index contributed by atoms with van der Waals surface area (Å²) in [4.78, 5) is 6.81. The van der Waals surface area contributed by atoms with E-state index in [4.69, 9.17) is 10.5 Å². The molecule has 0 amide bonds. The molecule has 4 heteroatoms. The van der Waals surface area contributed by atoms with Crippen molar-refractivity contribution >= 4 is 5.69 Å². The highest BCUT2D eigenvalue weighted by Crippen LogP contribution is 2.20. The van der Waals surface area contributed by atoms with E-state index in [1.54, 1.807) is 0 Å². The third kappa shape index (κ3) is 3.67. The number of aromatic nitrogens is 1. The van der Waals surface area contributed by atoms with Gasteiger partial charge in [0.1, 0.15) is 0 Å². The largest absolute Gasteiger partial charge is 0.376 e. The molecule has 1 aromatic heterocycles. The fourth-order valence-corrected chi connectivity index (χ4v) is 2.46. The summed E-state index contributed by atoms with van der Waals surface area (Å²) < 4.78 is 5.70. The van der Waals surface area contributed by atoms with Crippen LogP contribution in [0.1, 0.15) is 44.8 Å². The number of anilines is 1. The highest BCUT2D eigenvalue weighted by Gasteiger charge is 2.19. The van der Waals surface area contributed by atoms with Crippen LogP contribution in [0.4, 0.5) is 5.69 Å². The van der Waals surface area contributed by atoms with Crippen LogP contribution in [0.15, 0.2) is 18.3 Å². The van der Waals surface area contributed by atoms with E-state index < -0.39 is 0 Å². The quantitative estimate of drug-likeness (QED) is 0.856. The van der Waals surface area contributed by atoms with E-state index in [9.17, 15) is 0 Å². The summed E-state index contributed by atoms with van der Waals surface area (Å²) in [6, 6.07) is 4.21. The molecule has 0 radical (unpaired) electrons. The number of rotatable bonds is 6. The molecular weight excluding hydrogens is 238 g/mol. The second-order valence-corrected chi connectivity index (χ2v) is 5.13. The van der Waals surface area contributed by atoms with Gasteiger partial charge in [0.05, 0.1) is 23.7 Å². The van der Waals surface area contributed by atoms with E-state index in [1.165, 1.54) is 12.8 Å². The molecule has 4 nitrogen and oxygen atoms in total. The Labute approximate surface area is 116 Å². The Morgan fingerprint density at radius 2 is 2.32 bits per heavy atom. The molecule has 0 spiro atoms. The lowest BCUT2D eigenvalue weighted by Crippen LogP contribution is -2.32. The number of hydrogen-bond acceptors (Lipinski definition) is 4. The highest BCUT2D eigenvalue weighted by molar-refractivity contribution is 5.44. The van der Waals surface area contributed by atoms with Crippen LogP contribution < -0.4 is 10.6 Å².